The number of rotatable bonds is 5. The lowest BCUT2D eigenvalue weighted by Crippen LogP contribution is -2.32. The first-order chi connectivity index (χ1) is 7.33. The second-order valence-electron chi connectivity index (χ2n) is 4.10. The van der Waals surface area contributed by atoms with Crippen LogP contribution in [0.4, 0.5) is 5.13 Å². The molecule has 2 rings (SSSR count). The lowest BCUT2D eigenvalue weighted by molar-refractivity contribution is 0.285. The van der Waals surface area contributed by atoms with Gasteiger partial charge in [0.15, 0.2) is 5.13 Å². The minimum atomic E-state index is 0.110. The summed E-state index contributed by atoms with van der Waals surface area (Å²) in [5.41, 5.74) is 0. The molecule has 0 radical (unpaired) electrons. The van der Waals surface area contributed by atoms with Crippen molar-refractivity contribution in [1.82, 2.24) is 4.98 Å². The number of thiazole rings is 1. The molecule has 1 heterocycles. The van der Waals surface area contributed by atoms with E-state index in [1.807, 2.05) is 0 Å². The van der Waals surface area contributed by atoms with E-state index in [-0.39, 0.29) is 6.61 Å². The summed E-state index contributed by atoms with van der Waals surface area (Å²) in [5.74, 6) is 0.867. The molecule has 3 nitrogen and oxygen atoms in total. The van der Waals surface area contributed by atoms with Gasteiger partial charge in [0.2, 0.25) is 0 Å². The molecule has 0 spiro atoms. The molecule has 0 amide bonds. The predicted octanol–water partition coefficient (Wildman–Crippen LogP) is 2.26. The molecular formula is C11H18N2OS. The molecule has 15 heavy (non-hydrogen) atoms. The van der Waals surface area contributed by atoms with E-state index in [1.165, 1.54) is 19.3 Å². The summed E-state index contributed by atoms with van der Waals surface area (Å²) >= 11 is 1.61. The molecule has 0 atom stereocenters. The largest absolute Gasteiger partial charge is 0.391 e. The summed E-state index contributed by atoms with van der Waals surface area (Å²) in [6, 6.07) is 0. The van der Waals surface area contributed by atoms with E-state index in [9.17, 15) is 0 Å². The molecule has 1 aliphatic carbocycles. The second-order valence-corrected chi connectivity index (χ2v) is 5.20. The van der Waals surface area contributed by atoms with Crippen LogP contribution < -0.4 is 4.90 Å². The van der Waals surface area contributed by atoms with Crippen LogP contribution in [0, 0.1) is 5.92 Å². The van der Waals surface area contributed by atoms with Crippen LogP contribution in [0.5, 0.6) is 0 Å². The summed E-state index contributed by atoms with van der Waals surface area (Å²) in [7, 11) is 0. The minimum Gasteiger partial charge on any atom is -0.391 e. The third-order valence-electron chi connectivity index (χ3n) is 3.05. The zero-order valence-corrected chi connectivity index (χ0v) is 9.96. The maximum Gasteiger partial charge on any atom is 0.185 e. The van der Waals surface area contributed by atoms with Crippen LogP contribution in [0.25, 0.3) is 0 Å². The van der Waals surface area contributed by atoms with E-state index in [0.29, 0.717) is 0 Å². The van der Waals surface area contributed by atoms with Crippen LogP contribution in [0.15, 0.2) is 6.20 Å². The molecule has 0 unspecified atom stereocenters. The highest BCUT2D eigenvalue weighted by molar-refractivity contribution is 7.15. The first-order valence-electron chi connectivity index (χ1n) is 5.64. The lowest BCUT2D eigenvalue weighted by Gasteiger charge is -2.31. The Morgan fingerprint density at radius 2 is 2.40 bits per heavy atom. The van der Waals surface area contributed by atoms with Crippen molar-refractivity contribution >= 4 is 16.5 Å². The van der Waals surface area contributed by atoms with Crippen LogP contribution in [-0.2, 0) is 6.61 Å². The quantitative estimate of drug-likeness (QED) is 0.836. The first-order valence-corrected chi connectivity index (χ1v) is 6.45. The lowest BCUT2D eigenvalue weighted by atomic mass is 9.85. The van der Waals surface area contributed by atoms with Gasteiger partial charge in [0.25, 0.3) is 0 Å². The third-order valence-corrected chi connectivity index (χ3v) is 4.10. The average Bonchev–Trinajstić information content (AvgIpc) is 2.65. The Morgan fingerprint density at radius 1 is 1.60 bits per heavy atom. The van der Waals surface area contributed by atoms with E-state index < -0.39 is 0 Å². The third kappa shape index (κ3) is 2.49. The van der Waals surface area contributed by atoms with Gasteiger partial charge in [-0.1, -0.05) is 17.8 Å². The van der Waals surface area contributed by atoms with E-state index in [0.717, 1.165) is 29.0 Å². The Hall–Kier alpha value is -0.610. The van der Waals surface area contributed by atoms with Gasteiger partial charge in [-0.25, -0.2) is 4.98 Å². The maximum atomic E-state index is 9.00. The van der Waals surface area contributed by atoms with Crippen molar-refractivity contribution in [2.45, 2.75) is 32.8 Å². The molecular weight excluding hydrogens is 208 g/mol. The highest BCUT2D eigenvalue weighted by Gasteiger charge is 2.21. The fraction of sp³-hybridized carbons (Fsp3) is 0.727. The Kier molecular flexibility index (Phi) is 3.59. The van der Waals surface area contributed by atoms with Crippen molar-refractivity contribution in [1.29, 1.82) is 0 Å². The SMILES string of the molecule is CCN(CC1CCC1)c1ncc(CO)s1. The van der Waals surface area contributed by atoms with Gasteiger partial charge in [0, 0.05) is 19.3 Å². The van der Waals surface area contributed by atoms with Gasteiger partial charge < -0.3 is 10.0 Å². The van der Waals surface area contributed by atoms with Crippen LogP contribution in [0.2, 0.25) is 0 Å². The summed E-state index contributed by atoms with van der Waals surface area (Å²) in [6.07, 6.45) is 5.91. The molecule has 0 saturated heterocycles. The predicted molar refractivity (Wildman–Crippen MR) is 63.3 cm³/mol. The monoisotopic (exact) mass is 226 g/mol. The van der Waals surface area contributed by atoms with Gasteiger partial charge >= 0.3 is 0 Å². The molecule has 4 heteroatoms. The molecule has 1 aliphatic rings. The fourth-order valence-corrected chi connectivity index (χ4v) is 2.69. The number of hydrogen-bond donors (Lipinski definition) is 1. The van der Waals surface area contributed by atoms with Crippen LogP contribution >= 0.6 is 11.3 Å². The molecule has 1 fully saturated rings. The number of anilines is 1. The van der Waals surface area contributed by atoms with E-state index in [1.54, 1.807) is 17.5 Å². The fourth-order valence-electron chi connectivity index (χ4n) is 1.85. The van der Waals surface area contributed by atoms with Gasteiger partial charge in [0.1, 0.15) is 0 Å². The van der Waals surface area contributed by atoms with Crippen LogP contribution in [0.1, 0.15) is 31.1 Å². The topological polar surface area (TPSA) is 36.4 Å². The van der Waals surface area contributed by atoms with Gasteiger partial charge in [-0.2, -0.15) is 0 Å². The van der Waals surface area contributed by atoms with Crippen molar-refractivity contribution in [3.05, 3.63) is 11.1 Å². The van der Waals surface area contributed by atoms with Crippen LogP contribution in [-0.4, -0.2) is 23.2 Å². The van der Waals surface area contributed by atoms with Gasteiger partial charge in [-0.3, -0.25) is 0 Å². The first kappa shape index (κ1) is 10.9. The Bertz CT molecular complexity index is 309. The number of aromatic nitrogens is 1. The molecule has 0 bridgehead atoms. The zero-order valence-electron chi connectivity index (χ0n) is 9.15. The molecule has 84 valence electrons. The molecule has 0 aromatic carbocycles. The van der Waals surface area contributed by atoms with E-state index >= 15 is 0 Å². The highest BCUT2D eigenvalue weighted by Crippen LogP contribution is 2.30. The molecule has 1 aromatic rings. The van der Waals surface area contributed by atoms with Crippen molar-refractivity contribution in [3.63, 3.8) is 0 Å². The molecule has 1 N–H and O–H groups in total. The van der Waals surface area contributed by atoms with Crippen molar-refractivity contribution < 1.29 is 5.11 Å². The summed E-state index contributed by atoms with van der Waals surface area (Å²) < 4.78 is 0. The second kappa shape index (κ2) is 4.94. The number of hydrogen-bond acceptors (Lipinski definition) is 4. The summed E-state index contributed by atoms with van der Waals surface area (Å²) in [5, 5.41) is 10.1. The van der Waals surface area contributed by atoms with Crippen molar-refractivity contribution in [2.75, 3.05) is 18.0 Å². The Balaban J connectivity index is 1.97. The average molecular weight is 226 g/mol. The van der Waals surface area contributed by atoms with E-state index in [2.05, 4.69) is 16.8 Å². The van der Waals surface area contributed by atoms with Crippen LogP contribution in [0.3, 0.4) is 0 Å². The maximum absolute atomic E-state index is 9.00. The number of nitrogens with zero attached hydrogens (tertiary/aromatic N) is 2. The van der Waals surface area contributed by atoms with Crippen molar-refractivity contribution in [2.24, 2.45) is 5.92 Å². The molecule has 1 aromatic heterocycles. The number of aliphatic hydroxyl groups excluding tert-OH is 1. The van der Waals surface area contributed by atoms with Gasteiger partial charge in [-0.05, 0) is 25.7 Å². The summed E-state index contributed by atoms with van der Waals surface area (Å²) in [4.78, 5) is 7.64. The normalized spacial score (nSPS) is 16.4. The minimum absolute atomic E-state index is 0.110. The van der Waals surface area contributed by atoms with E-state index in [4.69, 9.17) is 5.11 Å². The Labute approximate surface area is 94.8 Å². The molecule has 0 aliphatic heterocycles. The van der Waals surface area contributed by atoms with Gasteiger partial charge in [-0.15, -0.1) is 0 Å². The zero-order chi connectivity index (χ0) is 10.7. The van der Waals surface area contributed by atoms with Crippen molar-refractivity contribution in [3.8, 4) is 0 Å². The van der Waals surface area contributed by atoms with Gasteiger partial charge in [0.05, 0.1) is 11.5 Å². The summed E-state index contributed by atoms with van der Waals surface area (Å²) in [6.45, 7) is 4.42. The molecule has 1 saturated carbocycles. The number of aliphatic hydroxyl groups is 1. The highest BCUT2D eigenvalue weighted by atomic mass is 32.1. The standard InChI is InChI=1S/C11H18N2OS/c1-2-13(7-9-4-3-5-9)11-12-6-10(8-14)15-11/h6,9,14H,2-5,7-8H2,1H3. The smallest absolute Gasteiger partial charge is 0.185 e. The Morgan fingerprint density at radius 3 is 2.87 bits per heavy atom.